The molecule has 4 rings (SSSR count). The number of aryl methyl sites for hydroxylation is 1. The number of nitrogens with zero attached hydrogens (tertiary/aromatic N) is 6. The van der Waals surface area contributed by atoms with Gasteiger partial charge in [-0.05, 0) is 61.7 Å². The molecule has 3 aromatic heterocycles. The molecule has 0 amide bonds. The molecule has 55 heavy (non-hydrogen) atoms. The van der Waals surface area contributed by atoms with Gasteiger partial charge in [0.05, 0.1) is 16.8 Å². The van der Waals surface area contributed by atoms with Crippen molar-refractivity contribution < 1.29 is 13.9 Å². The molecule has 0 radical (unpaired) electrons. The van der Waals surface area contributed by atoms with Crippen LogP contribution in [-0.4, -0.2) is 30.6 Å². The molecule has 0 spiro atoms. The molecular weight excluding hydrogens is 721 g/mol. The Bertz CT molecular complexity index is 1610. The molecule has 0 saturated heterocycles. The van der Waals surface area contributed by atoms with Crippen LogP contribution in [0.1, 0.15) is 212 Å². The van der Waals surface area contributed by atoms with Gasteiger partial charge in [-0.25, -0.2) is 4.98 Å². The zero-order valence-electron chi connectivity index (χ0n) is 40.5. The van der Waals surface area contributed by atoms with Crippen molar-refractivity contribution in [2.75, 3.05) is 0 Å². The molecule has 0 saturated carbocycles. The molecule has 0 aliphatic carbocycles. The Balaban J connectivity index is 0.000000367. The Morgan fingerprint density at radius 2 is 1.09 bits per heavy atom. The smallest absolute Gasteiger partial charge is 0.379 e. The molecule has 0 aromatic carbocycles. The van der Waals surface area contributed by atoms with Gasteiger partial charge in [-0.2, -0.15) is 8.75 Å². The van der Waals surface area contributed by atoms with E-state index in [1.807, 2.05) is 11.7 Å². The molecule has 1 aliphatic heterocycles. The number of oxime groups is 1. The molecule has 316 valence electrons. The molecule has 2 atom stereocenters. The van der Waals surface area contributed by atoms with E-state index in [0.717, 1.165) is 22.6 Å². The van der Waals surface area contributed by atoms with E-state index in [9.17, 15) is 0 Å². The summed E-state index contributed by atoms with van der Waals surface area (Å²) in [5.41, 5.74) is 4.69. The number of hydrogen-bond acceptors (Lipinski definition) is 9. The fourth-order valence-corrected chi connectivity index (χ4v) is 8.02. The van der Waals surface area contributed by atoms with Gasteiger partial charge in [-0.1, -0.05) is 162 Å². The second-order valence-corrected chi connectivity index (χ2v) is 25.2. The first-order valence-corrected chi connectivity index (χ1v) is 21.6. The van der Waals surface area contributed by atoms with Crippen molar-refractivity contribution in [3.63, 3.8) is 0 Å². The summed E-state index contributed by atoms with van der Waals surface area (Å²) in [4.78, 5) is 11.5. The summed E-state index contributed by atoms with van der Waals surface area (Å²) in [6, 6.07) is 0. The fraction of sp³-hybridized carbons (Fsp3) is 0.822. The van der Waals surface area contributed by atoms with Gasteiger partial charge in [0.25, 0.3) is 5.89 Å². The highest BCUT2D eigenvalue weighted by atomic mass is 32.1. The molecule has 0 bridgehead atoms. The number of aromatic nitrogens is 5. The van der Waals surface area contributed by atoms with Crippen molar-refractivity contribution in [2.24, 2.45) is 29.0 Å². The molecule has 8 nitrogen and oxygen atoms in total. The van der Waals surface area contributed by atoms with E-state index < -0.39 is 0 Å². The lowest BCUT2D eigenvalue weighted by Crippen LogP contribution is -2.40. The van der Waals surface area contributed by atoms with E-state index >= 15 is 0 Å². The first-order valence-electron chi connectivity index (χ1n) is 20.1. The second-order valence-electron chi connectivity index (χ2n) is 23.7. The summed E-state index contributed by atoms with van der Waals surface area (Å²) in [6.45, 7) is 56.6. The van der Waals surface area contributed by atoms with Crippen molar-refractivity contribution in [2.45, 2.75) is 219 Å². The van der Waals surface area contributed by atoms with Crippen LogP contribution in [-0.2, 0) is 44.4 Å². The minimum absolute atomic E-state index is 0.00521. The van der Waals surface area contributed by atoms with E-state index in [4.69, 9.17) is 9.25 Å². The summed E-state index contributed by atoms with van der Waals surface area (Å²) >= 11 is 3.18. The van der Waals surface area contributed by atoms with Crippen molar-refractivity contribution >= 4 is 28.8 Å². The lowest BCUT2D eigenvalue weighted by molar-refractivity contribution is -0.741. The Kier molecular flexibility index (Phi) is 16.0. The lowest BCUT2D eigenvalue weighted by Gasteiger charge is -2.30. The normalized spacial score (nSPS) is 17.3. The zero-order chi connectivity index (χ0) is 43.7. The summed E-state index contributed by atoms with van der Waals surface area (Å²) in [6.07, 6.45) is 0.219. The summed E-state index contributed by atoms with van der Waals surface area (Å²) in [5.74, 6) is 3.10. The summed E-state index contributed by atoms with van der Waals surface area (Å²) in [5, 5.41) is 9.77. The SMILES string of the molecule is CC(C)(C)c1nsc(C(C)(C)C)n1.CC1C(C(C)(C)C)=NOC1C(C)(C)C.C[n+]1nc(C(C)(C)C)oc1C(C)(C)C.Cc1c(C(C)(C)C)nsc1C(C)(C)C. The third kappa shape index (κ3) is 14.9. The average Bonchev–Trinajstić information content (AvgIpc) is 3.71. The monoisotopic (exact) mass is 804 g/mol. The van der Waals surface area contributed by atoms with Crippen LogP contribution in [0.3, 0.4) is 0 Å². The van der Waals surface area contributed by atoms with Gasteiger partial charge in [-0.15, -0.1) is 0 Å². The first-order chi connectivity index (χ1) is 24.1. The first kappa shape index (κ1) is 50.8. The third-order valence-corrected chi connectivity index (χ3v) is 11.4. The number of hydrogen-bond donors (Lipinski definition) is 0. The largest absolute Gasteiger partial charge is 0.391 e. The molecule has 0 fully saturated rings. The molecule has 10 heteroatoms. The predicted octanol–water partition coefficient (Wildman–Crippen LogP) is 12.7. The van der Waals surface area contributed by atoms with E-state index in [2.05, 4.69) is 204 Å². The molecule has 1 aliphatic rings. The second kappa shape index (κ2) is 17.3. The standard InChI is InChI=1S/C12H23NO.C12H21NS.C11H21N2O.C10H18N2S/c2*1-8-9(11(2,3)4)13-14-10(8)12(5,6)7;1-10(2,3)8-12-13(7)9(14-8)11(4,5)6;1-9(2,3)7-11-8(13-12-7)10(4,5)6/h8,10H,1-7H3;2*1-7H3;1-6H3/q;;+1;. The average molecular weight is 804 g/mol. The van der Waals surface area contributed by atoms with Crippen LogP contribution >= 0.6 is 23.1 Å². The van der Waals surface area contributed by atoms with Gasteiger partial charge in [0.1, 0.15) is 16.9 Å². The van der Waals surface area contributed by atoms with Crippen LogP contribution in [0.5, 0.6) is 0 Å². The van der Waals surface area contributed by atoms with Gasteiger partial charge in [-0.3, -0.25) is 0 Å². The highest BCUT2D eigenvalue weighted by Crippen LogP contribution is 2.38. The van der Waals surface area contributed by atoms with Gasteiger partial charge in [0, 0.05) is 48.4 Å². The molecule has 0 N–H and O–H groups in total. The van der Waals surface area contributed by atoms with Crippen LogP contribution < -0.4 is 4.68 Å². The highest BCUT2D eigenvalue weighted by molar-refractivity contribution is 7.06. The zero-order valence-corrected chi connectivity index (χ0v) is 42.1. The van der Waals surface area contributed by atoms with E-state index in [-0.39, 0.29) is 49.4 Å². The van der Waals surface area contributed by atoms with Crippen LogP contribution in [0.15, 0.2) is 9.57 Å². The maximum Gasteiger partial charge on any atom is 0.379 e. The maximum atomic E-state index is 5.80. The fourth-order valence-electron chi connectivity index (χ4n) is 6.03. The van der Waals surface area contributed by atoms with Crippen LogP contribution in [0, 0.1) is 23.7 Å². The van der Waals surface area contributed by atoms with Gasteiger partial charge in [0.2, 0.25) is 0 Å². The van der Waals surface area contributed by atoms with E-state index in [1.165, 1.54) is 33.4 Å². The molecule has 4 heterocycles. The van der Waals surface area contributed by atoms with Crippen LogP contribution in [0.4, 0.5) is 0 Å². The molecule has 3 aromatic rings. The van der Waals surface area contributed by atoms with Gasteiger partial charge in [0.15, 0.2) is 7.05 Å². The minimum Gasteiger partial charge on any atom is -0.391 e. The minimum atomic E-state index is -0.0265. The van der Waals surface area contributed by atoms with E-state index in [1.54, 1.807) is 11.5 Å². The summed E-state index contributed by atoms with van der Waals surface area (Å²) in [7, 11) is 1.93. The summed E-state index contributed by atoms with van der Waals surface area (Å²) < 4.78 is 16.6. The predicted molar refractivity (Wildman–Crippen MR) is 237 cm³/mol. The van der Waals surface area contributed by atoms with Crippen LogP contribution in [0.25, 0.3) is 0 Å². The quantitative estimate of drug-likeness (QED) is 0.210. The lowest BCUT2D eigenvalue weighted by atomic mass is 9.74. The van der Waals surface area contributed by atoms with Crippen molar-refractivity contribution in [1.82, 2.24) is 18.8 Å². The Labute approximate surface area is 346 Å². The van der Waals surface area contributed by atoms with E-state index in [0.29, 0.717) is 5.92 Å². The molecular formula is C45H83N6O2S2+. The Hall–Kier alpha value is -2.20. The maximum absolute atomic E-state index is 5.80. The number of rotatable bonds is 0. The van der Waals surface area contributed by atoms with Gasteiger partial charge >= 0.3 is 5.89 Å². The molecule has 2 unspecified atom stereocenters. The van der Waals surface area contributed by atoms with Crippen molar-refractivity contribution in [3.05, 3.63) is 38.7 Å². The van der Waals surface area contributed by atoms with Crippen LogP contribution in [0.2, 0.25) is 0 Å². The Morgan fingerprint density at radius 3 is 1.31 bits per heavy atom. The van der Waals surface area contributed by atoms with Gasteiger partial charge < -0.3 is 9.25 Å². The van der Waals surface area contributed by atoms with Crippen molar-refractivity contribution in [3.8, 4) is 0 Å². The third-order valence-electron chi connectivity index (χ3n) is 8.84. The Morgan fingerprint density at radius 1 is 0.582 bits per heavy atom. The highest BCUT2D eigenvalue weighted by Gasteiger charge is 2.42. The topological polar surface area (TPSA) is 90.2 Å². The van der Waals surface area contributed by atoms with Crippen molar-refractivity contribution in [1.29, 1.82) is 0 Å².